The van der Waals surface area contributed by atoms with Crippen molar-refractivity contribution in [2.24, 2.45) is 0 Å². The number of benzene rings is 1. The zero-order valence-corrected chi connectivity index (χ0v) is 11.5. The lowest BCUT2D eigenvalue weighted by atomic mass is 10.1. The lowest BCUT2D eigenvalue weighted by Crippen LogP contribution is -2.14. The van der Waals surface area contributed by atoms with Crippen molar-refractivity contribution in [3.63, 3.8) is 0 Å². The first-order chi connectivity index (χ1) is 9.61. The van der Waals surface area contributed by atoms with Crippen molar-refractivity contribution in [1.82, 2.24) is 4.98 Å². The molecule has 0 atom stereocenters. The van der Waals surface area contributed by atoms with Gasteiger partial charge in [0.15, 0.2) is 0 Å². The van der Waals surface area contributed by atoms with E-state index >= 15 is 0 Å². The van der Waals surface area contributed by atoms with Gasteiger partial charge < -0.3 is 10.3 Å². The molecular formula is C15H12ClN3O. The van der Waals surface area contributed by atoms with Gasteiger partial charge in [-0.1, -0.05) is 23.7 Å². The number of aromatic amines is 1. The molecule has 1 heterocycles. The summed E-state index contributed by atoms with van der Waals surface area (Å²) in [4.78, 5) is 15.0. The topological polar surface area (TPSA) is 68.7 Å². The maximum Gasteiger partial charge on any atom is 0.266 e. The summed E-state index contributed by atoms with van der Waals surface area (Å²) in [7, 11) is 0. The number of rotatable bonds is 3. The number of hydrogen-bond acceptors (Lipinski definition) is 2. The number of para-hydroxylation sites is 1. The van der Waals surface area contributed by atoms with E-state index in [-0.39, 0.29) is 5.57 Å². The van der Waals surface area contributed by atoms with Gasteiger partial charge in [-0.25, -0.2) is 0 Å². The van der Waals surface area contributed by atoms with Crippen LogP contribution in [0.3, 0.4) is 0 Å². The highest BCUT2D eigenvalue weighted by Gasteiger charge is 2.13. The van der Waals surface area contributed by atoms with Crippen molar-refractivity contribution in [2.75, 3.05) is 5.32 Å². The van der Waals surface area contributed by atoms with E-state index in [1.54, 1.807) is 30.5 Å². The average Bonchev–Trinajstić information content (AvgIpc) is 2.93. The molecular weight excluding hydrogens is 274 g/mol. The van der Waals surface area contributed by atoms with E-state index in [1.165, 1.54) is 6.08 Å². The number of nitrogens with one attached hydrogen (secondary N) is 2. The Morgan fingerprint density at radius 2 is 2.20 bits per heavy atom. The van der Waals surface area contributed by atoms with Crippen LogP contribution in [-0.4, -0.2) is 10.9 Å². The zero-order chi connectivity index (χ0) is 14.5. The van der Waals surface area contributed by atoms with E-state index in [9.17, 15) is 4.79 Å². The van der Waals surface area contributed by atoms with Gasteiger partial charge in [-0.15, -0.1) is 0 Å². The fourth-order valence-corrected chi connectivity index (χ4v) is 1.98. The molecule has 2 rings (SSSR count). The predicted molar refractivity (Wildman–Crippen MR) is 79.2 cm³/mol. The zero-order valence-electron chi connectivity index (χ0n) is 10.8. The van der Waals surface area contributed by atoms with Crippen LogP contribution in [0.1, 0.15) is 11.3 Å². The molecule has 0 saturated heterocycles. The number of nitriles is 1. The van der Waals surface area contributed by atoms with Crippen LogP contribution in [0, 0.1) is 18.3 Å². The number of halogens is 1. The number of anilines is 1. The molecule has 0 fully saturated rings. The summed E-state index contributed by atoms with van der Waals surface area (Å²) in [5, 5.41) is 12.2. The van der Waals surface area contributed by atoms with Crippen molar-refractivity contribution < 1.29 is 4.79 Å². The Balaban J connectivity index is 2.25. The molecule has 0 bridgehead atoms. The number of amides is 1. The normalized spacial score (nSPS) is 10.9. The van der Waals surface area contributed by atoms with Crippen LogP contribution in [0.4, 0.5) is 5.69 Å². The Bertz CT molecular complexity index is 676. The second-order valence-electron chi connectivity index (χ2n) is 4.18. The number of hydrogen-bond donors (Lipinski definition) is 2. The van der Waals surface area contributed by atoms with Crippen LogP contribution in [0.5, 0.6) is 0 Å². The van der Waals surface area contributed by atoms with E-state index in [2.05, 4.69) is 10.3 Å². The van der Waals surface area contributed by atoms with Gasteiger partial charge in [-0.2, -0.15) is 5.26 Å². The molecule has 0 saturated carbocycles. The summed E-state index contributed by atoms with van der Waals surface area (Å²) < 4.78 is 0. The Hall–Kier alpha value is -2.51. The van der Waals surface area contributed by atoms with E-state index in [0.29, 0.717) is 16.4 Å². The standard InChI is InChI=1S/C15H12ClN3O/c1-10-4-2-6-13(16)14(10)19-15(20)11(9-17)8-12-5-3-7-18-12/h2-8,18H,1H3,(H,19,20)/b11-8-. The Labute approximate surface area is 121 Å². The molecule has 0 radical (unpaired) electrons. The minimum atomic E-state index is -0.488. The number of carbonyl (C=O) groups excluding carboxylic acids is 1. The van der Waals surface area contributed by atoms with Gasteiger partial charge in [0.05, 0.1) is 10.7 Å². The van der Waals surface area contributed by atoms with Crippen LogP contribution in [0.2, 0.25) is 5.02 Å². The fraction of sp³-hybridized carbons (Fsp3) is 0.0667. The van der Waals surface area contributed by atoms with Crippen molar-refractivity contribution in [3.05, 3.63) is 58.4 Å². The lowest BCUT2D eigenvalue weighted by Gasteiger charge is -2.09. The van der Waals surface area contributed by atoms with Gasteiger partial charge >= 0.3 is 0 Å². The maximum absolute atomic E-state index is 12.1. The van der Waals surface area contributed by atoms with Gasteiger partial charge in [-0.3, -0.25) is 4.79 Å². The molecule has 5 heteroatoms. The second-order valence-corrected chi connectivity index (χ2v) is 4.59. The van der Waals surface area contributed by atoms with Gasteiger partial charge in [0.25, 0.3) is 5.91 Å². The molecule has 0 unspecified atom stereocenters. The van der Waals surface area contributed by atoms with Crippen molar-refractivity contribution in [3.8, 4) is 6.07 Å². The van der Waals surface area contributed by atoms with E-state index in [0.717, 1.165) is 5.56 Å². The van der Waals surface area contributed by atoms with Crippen molar-refractivity contribution in [1.29, 1.82) is 5.26 Å². The van der Waals surface area contributed by atoms with E-state index < -0.39 is 5.91 Å². The van der Waals surface area contributed by atoms with Crippen LogP contribution in [0.15, 0.2) is 42.1 Å². The minimum Gasteiger partial charge on any atom is -0.362 e. The molecule has 0 aliphatic rings. The third-order valence-corrected chi connectivity index (χ3v) is 3.06. The molecule has 0 aliphatic carbocycles. The highest BCUT2D eigenvalue weighted by atomic mass is 35.5. The van der Waals surface area contributed by atoms with E-state index in [4.69, 9.17) is 16.9 Å². The van der Waals surface area contributed by atoms with Crippen molar-refractivity contribution in [2.45, 2.75) is 6.92 Å². The number of aromatic nitrogens is 1. The average molecular weight is 286 g/mol. The van der Waals surface area contributed by atoms with Gasteiger partial charge in [-0.05, 0) is 36.8 Å². The highest BCUT2D eigenvalue weighted by Crippen LogP contribution is 2.25. The van der Waals surface area contributed by atoms with E-state index in [1.807, 2.05) is 19.1 Å². The molecule has 4 nitrogen and oxygen atoms in total. The molecule has 1 aromatic heterocycles. The second kappa shape index (κ2) is 6.09. The first-order valence-corrected chi connectivity index (χ1v) is 6.31. The smallest absolute Gasteiger partial charge is 0.266 e. The summed E-state index contributed by atoms with van der Waals surface area (Å²) in [6.07, 6.45) is 3.21. The third kappa shape index (κ3) is 3.08. The molecule has 2 aromatic rings. The first-order valence-electron chi connectivity index (χ1n) is 5.93. The molecule has 20 heavy (non-hydrogen) atoms. The lowest BCUT2D eigenvalue weighted by molar-refractivity contribution is -0.112. The third-order valence-electron chi connectivity index (χ3n) is 2.75. The van der Waals surface area contributed by atoms with Crippen molar-refractivity contribution >= 4 is 29.3 Å². The molecule has 0 spiro atoms. The first kappa shape index (κ1) is 13.9. The SMILES string of the molecule is Cc1cccc(Cl)c1NC(=O)/C(C#N)=C\c1ccc[nH]1. The summed E-state index contributed by atoms with van der Waals surface area (Å²) in [5.74, 6) is -0.488. The van der Waals surface area contributed by atoms with Crippen LogP contribution >= 0.6 is 11.6 Å². The summed E-state index contributed by atoms with van der Waals surface area (Å²) in [5.41, 5.74) is 2.05. The van der Waals surface area contributed by atoms with Gasteiger partial charge in [0.1, 0.15) is 11.6 Å². The molecule has 2 N–H and O–H groups in total. The fourth-order valence-electron chi connectivity index (χ4n) is 1.71. The van der Waals surface area contributed by atoms with Gasteiger partial charge in [0.2, 0.25) is 0 Å². The summed E-state index contributed by atoms with van der Waals surface area (Å²) in [6.45, 7) is 1.84. The predicted octanol–water partition coefficient (Wildman–Crippen LogP) is 3.52. The maximum atomic E-state index is 12.1. The Kier molecular flexibility index (Phi) is 4.24. The quantitative estimate of drug-likeness (QED) is 0.669. The Morgan fingerprint density at radius 1 is 1.40 bits per heavy atom. The molecule has 0 aliphatic heterocycles. The number of carbonyl (C=O) groups is 1. The molecule has 100 valence electrons. The van der Waals surface area contributed by atoms with Crippen LogP contribution in [-0.2, 0) is 4.79 Å². The van der Waals surface area contributed by atoms with Crippen LogP contribution in [0.25, 0.3) is 6.08 Å². The minimum absolute atomic E-state index is 0.00627. The number of H-pyrrole nitrogens is 1. The van der Waals surface area contributed by atoms with Gasteiger partial charge in [0, 0.05) is 11.9 Å². The molecule has 1 aromatic carbocycles. The largest absolute Gasteiger partial charge is 0.362 e. The van der Waals surface area contributed by atoms with Crippen LogP contribution < -0.4 is 5.32 Å². The monoisotopic (exact) mass is 285 g/mol. The number of nitrogens with zero attached hydrogens (tertiary/aromatic N) is 1. The highest BCUT2D eigenvalue weighted by molar-refractivity contribution is 6.34. The number of aryl methyl sites for hydroxylation is 1. The summed E-state index contributed by atoms with van der Waals surface area (Å²) >= 11 is 6.04. The molecule has 1 amide bonds. The summed E-state index contributed by atoms with van der Waals surface area (Å²) in [6, 6.07) is 10.8. The Morgan fingerprint density at radius 3 is 2.80 bits per heavy atom.